The predicted octanol–water partition coefficient (Wildman–Crippen LogP) is 4.70. The molecule has 0 fully saturated rings. The molecule has 1 heterocycles. The molecule has 1 atom stereocenters. The minimum atomic E-state index is -1.08. The molecule has 4 rings (SSSR count). The van der Waals surface area contributed by atoms with Gasteiger partial charge in [0, 0.05) is 34.7 Å². The Labute approximate surface area is 192 Å². The first kappa shape index (κ1) is 22.0. The zero-order chi connectivity index (χ0) is 22.7. The number of carbonyl (C=O) groups excluding carboxylic acids is 2. The Bertz CT molecular complexity index is 1150. The van der Waals surface area contributed by atoms with Gasteiger partial charge in [-0.2, -0.15) is 0 Å². The van der Waals surface area contributed by atoms with E-state index >= 15 is 0 Å². The zero-order valence-corrected chi connectivity index (χ0v) is 19.2. The van der Waals surface area contributed by atoms with Gasteiger partial charge in [-0.1, -0.05) is 36.4 Å². The molecular formula is C26H26N2O3S. The Morgan fingerprint density at radius 3 is 2.47 bits per heavy atom. The maximum atomic E-state index is 13.6. The average Bonchev–Trinajstić information content (AvgIpc) is 2.83. The maximum Gasteiger partial charge on any atom is 0.259 e. The van der Waals surface area contributed by atoms with Crippen molar-refractivity contribution in [3.63, 3.8) is 0 Å². The van der Waals surface area contributed by atoms with E-state index in [-0.39, 0.29) is 11.8 Å². The fourth-order valence-corrected chi connectivity index (χ4v) is 4.62. The summed E-state index contributed by atoms with van der Waals surface area (Å²) >= 11 is 1.63. The summed E-state index contributed by atoms with van der Waals surface area (Å²) in [5.41, 5.74) is 2.03. The highest BCUT2D eigenvalue weighted by atomic mass is 32.2. The normalized spacial score (nSPS) is 17.6. The van der Waals surface area contributed by atoms with Gasteiger partial charge in [0.05, 0.1) is 7.11 Å². The molecule has 0 spiro atoms. The fraction of sp³-hybridized carbons (Fsp3) is 0.231. The SMILES string of the molecule is COc1ccccc1CNC(=O)[C@]1(C)Cc2ccccc2C(=O)N1c1ccc(SC)cc1. The number of benzene rings is 3. The van der Waals surface area contributed by atoms with E-state index in [2.05, 4.69) is 5.32 Å². The Morgan fingerprint density at radius 1 is 1.06 bits per heavy atom. The number of carbonyl (C=O) groups is 2. The summed E-state index contributed by atoms with van der Waals surface area (Å²) in [6.07, 6.45) is 2.43. The van der Waals surface area contributed by atoms with Gasteiger partial charge >= 0.3 is 0 Å². The van der Waals surface area contributed by atoms with Crippen molar-refractivity contribution in [2.45, 2.75) is 30.3 Å². The second-order valence-electron chi connectivity index (χ2n) is 7.94. The summed E-state index contributed by atoms with van der Waals surface area (Å²) in [5, 5.41) is 3.04. The Morgan fingerprint density at radius 2 is 1.75 bits per heavy atom. The molecule has 0 saturated heterocycles. The molecule has 5 nitrogen and oxygen atoms in total. The summed E-state index contributed by atoms with van der Waals surface area (Å²) in [4.78, 5) is 29.9. The largest absolute Gasteiger partial charge is 0.496 e. The molecule has 2 amide bonds. The van der Waals surface area contributed by atoms with Crippen LogP contribution in [-0.2, 0) is 17.8 Å². The number of hydrogen-bond donors (Lipinski definition) is 1. The van der Waals surface area contributed by atoms with Crippen molar-refractivity contribution in [3.05, 3.63) is 89.5 Å². The minimum absolute atomic E-state index is 0.168. The number of nitrogens with zero attached hydrogens (tertiary/aromatic N) is 1. The molecule has 0 saturated carbocycles. The molecule has 3 aromatic rings. The highest BCUT2D eigenvalue weighted by Gasteiger charge is 2.47. The van der Waals surface area contributed by atoms with Gasteiger partial charge in [-0.3, -0.25) is 14.5 Å². The zero-order valence-electron chi connectivity index (χ0n) is 18.4. The Kier molecular flexibility index (Phi) is 6.24. The molecule has 0 bridgehead atoms. The maximum absolute atomic E-state index is 13.6. The van der Waals surface area contributed by atoms with Crippen LogP contribution in [0.3, 0.4) is 0 Å². The molecular weight excluding hydrogens is 420 g/mol. The number of fused-ring (bicyclic) bond motifs is 1. The lowest BCUT2D eigenvalue weighted by Crippen LogP contribution is -2.63. The molecule has 3 aromatic carbocycles. The van der Waals surface area contributed by atoms with Crippen molar-refractivity contribution in [2.24, 2.45) is 0 Å². The van der Waals surface area contributed by atoms with Crippen LogP contribution < -0.4 is 15.0 Å². The van der Waals surface area contributed by atoms with E-state index in [0.29, 0.717) is 30.0 Å². The number of thioether (sulfide) groups is 1. The van der Waals surface area contributed by atoms with Crippen molar-refractivity contribution in [3.8, 4) is 5.75 Å². The standard InChI is InChI=1S/C26H26N2O3S/c1-26(25(30)27-17-19-9-5-7-11-23(19)31-2)16-18-8-4-6-10-22(18)24(29)28(26)20-12-14-21(32-3)15-13-20/h4-15H,16-17H2,1-3H3,(H,27,30)/t26-/m0/s1. The minimum Gasteiger partial charge on any atom is -0.496 e. The molecule has 164 valence electrons. The van der Waals surface area contributed by atoms with Crippen LogP contribution in [0.15, 0.2) is 77.7 Å². The average molecular weight is 447 g/mol. The van der Waals surface area contributed by atoms with Crippen molar-refractivity contribution in [1.82, 2.24) is 5.32 Å². The molecule has 0 radical (unpaired) electrons. The van der Waals surface area contributed by atoms with Crippen molar-refractivity contribution in [2.75, 3.05) is 18.3 Å². The third kappa shape index (κ3) is 3.98. The van der Waals surface area contributed by atoms with Gasteiger partial charge in [0.15, 0.2) is 0 Å². The van der Waals surface area contributed by atoms with Crippen LogP contribution in [0.1, 0.15) is 28.4 Å². The Balaban J connectivity index is 1.70. The van der Waals surface area contributed by atoms with Crippen molar-refractivity contribution >= 4 is 29.3 Å². The first-order valence-corrected chi connectivity index (χ1v) is 11.7. The summed E-state index contributed by atoms with van der Waals surface area (Å²) in [5.74, 6) is 0.339. The first-order chi connectivity index (χ1) is 15.5. The third-order valence-corrected chi connectivity index (χ3v) is 6.67. The van der Waals surface area contributed by atoms with Gasteiger partial charge in [0.25, 0.3) is 5.91 Å². The van der Waals surface area contributed by atoms with E-state index in [1.54, 1.807) is 23.8 Å². The molecule has 0 unspecified atom stereocenters. The van der Waals surface area contributed by atoms with Crippen molar-refractivity contribution < 1.29 is 14.3 Å². The van der Waals surface area contributed by atoms with E-state index in [1.807, 2.05) is 86.0 Å². The molecule has 1 aliphatic rings. The monoisotopic (exact) mass is 446 g/mol. The van der Waals surface area contributed by atoms with E-state index in [9.17, 15) is 9.59 Å². The summed E-state index contributed by atoms with van der Waals surface area (Å²) in [6.45, 7) is 2.15. The van der Waals surface area contributed by atoms with E-state index in [0.717, 1.165) is 16.0 Å². The topological polar surface area (TPSA) is 58.6 Å². The molecule has 32 heavy (non-hydrogen) atoms. The van der Waals surface area contributed by atoms with Gasteiger partial charge in [-0.05, 0) is 55.1 Å². The van der Waals surface area contributed by atoms with Crippen LogP contribution in [0, 0.1) is 0 Å². The van der Waals surface area contributed by atoms with Crippen LogP contribution in [0.5, 0.6) is 5.75 Å². The number of nitrogens with one attached hydrogen (secondary N) is 1. The summed E-state index contributed by atoms with van der Waals surface area (Å²) in [7, 11) is 1.61. The van der Waals surface area contributed by atoms with Crippen molar-refractivity contribution in [1.29, 1.82) is 0 Å². The van der Waals surface area contributed by atoms with Crippen LogP contribution in [0.25, 0.3) is 0 Å². The van der Waals surface area contributed by atoms with Crippen LogP contribution in [0.2, 0.25) is 0 Å². The van der Waals surface area contributed by atoms with Gasteiger partial charge in [-0.25, -0.2) is 0 Å². The molecule has 0 aliphatic carbocycles. The number of hydrogen-bond acceptors (Lipinski definition) is 4. The number of ether oxygens (including phenoxy) is 1. The lowest BCUT2D eigenvalue weighted by atomic mass is 9.82. The molecule has 1 N–H and O–H groups in total. The molecule has 1 aliphatic heterocycles. The Hall–Kier alpha value is -3.25. The summed E-state index contributed by atoms with van der Waals surface area (Å²) < 4.78 is 5.41. The van der Waals surface area contributed by atoms with E-state index in [4.69, 9.17) is 4.74 Å². The second kappa shape index (κ2) is 9.09. The van der Waals surface area contributed by atoms with E-state index < -0.39 is 5.54 Å². The van der Waals surface area contributed by atoms with Crippen LogP contribution >= 0.6 is 11.8 Å². The lowest BCUT2D eigenvalue weighted by molar-refractivity contribution is -0.126. The molecule has 0 aromatic heterocycles. The fourth-order valence-electron chi connectivity index (χ4n) is 4.21. The van der Waals surface area contributed by atoms with Gasteiger partial charge < -0.3 is 10.1 Å². The van der Waals surface area contributed by atoms with Crippen LogP contribution in [0.4, 0.5) is 5.69 Å². The first-order valence-electron chi connectivity index (χ1n) is 10.4. The highest BCUT2D eigenvalue weighted by Crippen LogP contribution is 2.36. The smallest absolute Gasteiger partial charge is 0.259 e. The number of rotatable bonds is 6. The highest BCUT2D eigenvalue weighted by molar-refractivity contribution is 7.98. The quantitative estimate of drug-likeness (QED) is 0.558. The van der Waals surface area contributed by atoms with Crippen LogP contribution in [-0.4, -0.2) is 30.7 Å². The summed E-state index contributed by atoms with van der Waals surface area (Å²) in [6, 6.07) is 22.9. The molecule has 6 heteroatoms. The lowest BCUT2D eigenvalue weighted by Gasteiger charge is -2.44. The van der Waals surface area contributed by atoms with Gasteiger partial charge in [-0.15, -0.1) is 11.8 Å². The predicted molar refractivity (Wildman–Crippen MR) is 128 cm³/mol. The number of methoxy groups -OCH3 is 1. The van der Waals surface area contributed by atoms with Gasteiger partial charge in [0.1, 0.15) is 11.3 Å². The number of para-hydroxylation sites is 1. The number of anilines is 1. The number of amides is 2. The third-order valence-electron chi connectivity index (χ3n) is 5.93. The second-order valence-corrected chi connectivity index (χ2v) is 8.82. The van der Waals surface area contributed by atoms with E-state index in [1.165, 1.54) is 0 Å². The van der Waals surface area contributed by atoms with Gasteiger partial charge in [0.2, 0.25) is 5.91 Å².